The summed E-state index contributed by atoms with van der Waals surface area (Å²) in [6.45, 7) is 4.93. The third-order valence-electron chi connectivity index (χ3n) is 5.78. The minimum Gasteiger partial charge on any atom is -0.379 e. The van der Waals surface area contributed by atoms with Crippen LogP contribution in [-0.2, 0) is 11.8 Å². The maximum absolute atomic E-state index is 12.4. The van der Waals surface area contributed by atoms with E-state index in [1.807, 2.05) is 36.0 Å². The number of ether oxygens (including phenoxy) is 1. The summed E-state index contributed by atoms with van der Waals surface area (Å²) in [6, 6.07) is 8.12. The second-order valence-electron chi connectivity index (χ2n) is 8.02. The molecule has 7 nitrogen and oxygen atoms in total. The third-order valence-corrected chi connectivity index (χ3v) is 6.85. The monoisotopic (exact) mass is 429 g/mol. The van der Waals surface area contributed by atoms with Gasteiger partial charge in [0.2, 0.25) is 4.80 Å². The second-order valence-corrected chi connectivity index (χ2v) is 8.98. The van der Waals surface area contributed by atoms with Gasteiger partial charge < -0.3 is 10.1 Å². The van der Waals surface area contributed by atoms with Crippen molar-refractivity contribution in [2.24, 2.45) is 12.0 Å². The molecule has 0 unspecified atom stereocenters. The molecular formula is C22H31N5O2S. The van der Waals surface area contributed by atoms with Crippen LogP contribution in [0.2, 0.25) is 0 Å². The zero-order valence-corrected chi connectivity index (χ0v) is 18.5. The normalized spacial score (nSPS) is 19.2. The number of benzene rings is 1. The highest BCUT2D eigenvalue weighted by Gasteiger charge is 2.14. The van der Waals surface area contributed by atoms with E-state index in [1.165, 1.54) is 32.1 Å². The molecule has 0 atom stereocenters. The zero-order chi connectivity index (χ0) is 20.8. The molecule has 1 N–H and O–H groups in total. The summed E-state index contributed by atoms with van der Waals surface area (Å²) in [7, 11) is 1.96. The molecule has 0 bridgehead atoms. The lowest BCUT2D eigenvalue weighted by atomic mass is 9.96. The van der Waals surface area contributed by atoms with Gasteiger partial charge in [-0.1, -0.05) is 42.7 Å². The van der Waals surface area contributed by atoms with Crippen molar-refractivity contribution in [3.63, 3.8) is 0 Å². The van der Waals surface area contributed by atoms with Gasteiger partial charge in [0.1, 0.15) is 5.01 Å². The van der Waals surface area contributed by atoms with Gasteiger partial charge in [0.25, 0.3) is 5.91 Å². The van der Waals surface area contributed by atoms with E-state index in [0.29, 0.717) is 18.2 Å². The number of rotatable bonds is 6. The van der Waals surface area contributed by atoms with E-state index in [2.05, 4.69) is 15.3 Å². The van der Waals surface area contributed by atoms with Gasteiger partial charge in [-0.05, 0) is 25.0 Å². The number of hydrogen-bond donors (Lipinski definition) is 1. The highest BCUT2D eigenvalue weighted by atomic mass is 32.1. The molecule has 1 saturated heterocycles. The number of aromatic nitrogens is 2. The first kappa shape index (κ1) is 21.2. The standard InChI is InChI=1S/C22H31N5O2S/c1-26-22(24-19-5-3-2-4-6-19)30-21(25-26)18-9-7-17(8-10-18)20(28)23-11-12-27-13-15-29-16-14-27/h7-10,19H,2-6,11-16H2,1H3,(H,23,28). The van der Waals surface area contributed by atoms with Crippen molar-refractivity contribution in [3.8, 4) is 10.6 Å². The van der Waals surface area contributed by atoms with Crippen molar-refractivity contribution in [2.45, 2.75) is 38.1 Å². The molecule has 2 heterocycles. The van der Waals surface area contributed by atoms with Crippen LogP contribution < -0.4 is 10.1 Å². The molecule has 1 saturated carbocycles. The van der Waals surface area contributed by atoms with Crippen LogP contribution in [0.15, 0.2) is 29.3 Å². The van der Waals surface area contributed by atoms with Crippen molar-refractivity contribution in [2.75, 3.05) is 39.4 Å². The van der Waals surface area contributed by atoms with Gasteiger partial charge in [-0.2, -0.15) is 5.10 Å². The molecule has 2 aromatic rings. The highest BCUT2D eigenvalue weighted by Crippen LogP contribution is 2.22. The van der Waals surface area contributed by atoms with Gasteiger partial charge >= 0.3 is 0 Å². The number of morpholine rings is 1. The maximum Gasteiger partial charge on any atom is 0.251 e. The summed E-state index contributed by atoms with van der Waals surface area (Å²) in [5.74, 6) is -0.0347. The second kappa shape index (κ2) is 10.3. The summed E-state index contributed by atoms with van der Waals surface area (Å²) in [5.41, 5.74) is 1.69. The first-order valence-corrected chi connectivity index (χ1v) is 11.8. The number of nitrogens with zero attached hydrogens (tertiary/aromatic N) is 4. The SMILES string of the molecule is Cn1nc(-c2ccc(C(=O)NCCN3CCOCC3)cc2)sc1=NC1CCCCC1. The number of aryl methyl sites for hydroxylation is 1. The van der Waals surface area contributed by atoms with E-state index in [0.717, 1.165) is 48.2 Å². The smallest absolute Gasteiger partial charge is 0.251 e. The highest BCUT2D eigenvalue weighted by molar-refractivity contribution is 7.12. The van der Waals surface area contributed by atoms with Gasteiger partial charge in [0.05, 0.1) is 19.3 Å². The minimum atomic E-state index is -0.0347. The third kappa shape index (κ3) is 5.56. The van der Waals surface area contributed by atoms with Crippen molar-refractivity contribution >= 4 is 17.2 Å². The Morgan fingerprint density at radius 3 is 2.67 bits per heavy atom. The molecule has 2 fully saturated rings. The lowest BCUT2D eigenvalue weighted by Gasteiger charge is -2.26. The topological polar surface area (TPSA) is 71.8 Å². The predicted molar refractivity (Wildman–Crippen MR) is 119 cm³/mol. The van der Waals surface area contributed by atoms with Crippen molar-refractivity contribution < 1.29 is 9.53 Å². The Morgan fingerprint density at radius 1 is 1.20 bits per heavy atom. The molecule has 0 spiro atoms. The first-order valence-electron chi connectivity index (χ1n) is 11.0. The van der Waals surface area contributed by atoms with Crippen molar-refractivity contribution in [1.29, 1.82) is 0 Å². The lowest BCUT2D eigenvalue weighted by Crippen LogP contribution is -2.41. The molecule has 1 aliphatic heterocycles. The maximum atomic E-state index is 12.4. The van der Waals surface area contributed by atoms with Gasteiger partial charge in [0, 0.05) is 44.4 Å². The Balaban J connectivity index is 1.35. The van der Waals surface area contributed by atoms with Crippen LogP contribution in [0.5, 0.6) is 0 Å². The van der Waals surface area contributed by atoms with Crippen LogP contribution >= 0.6 is 11.3 Å². The van der Waals surface area contributed by atoms with Gasteiger partial charge in [-0.3, -0.25) is 14.7 Å². The van der Waals surface area contributed by atoms with Crippen molar-refractivity contribution in [3.05, 3.63) is 34.6 Å². The largest absolute Gasteiger partial charge is 0.379 e. The Morgan fingerprint density at radius 2 is 1.93 bits per heavy atom. The van der Waals surface area contributed by atoms with E-state index < -0.39 is 0 Å². The molecule has 8 heteroatoms. The number of nitrogens with one attached hydrogen (secondary N) is 1. The number of carbonyl (C=O) groups is 1. The number of hydrogen-bond acceptors (Lipinski definition) is 6. The van der Waals surface area contributed by atoms with Crippen LogP contribution in [0, 0.1) is 0 Å². The summed E-state index contributed by atoms with van der Waals surface area (Å²) in [4.78, 5) is 20.6. The molecule has 1 aromatic heterocycles. The summed E-state index contributed by atoms with van der Waals surface area (Å²) in [6.07, 6.45) is 6.25. The summed E-state index contributed by atoms with van der Waals surface area (Å²) < 4.78 is 7.23. The fraction of sp³-hybridized carbons (Fsp3) is 0.591. The average Bonchev–Trinajstić information content (AvgIpc) is 3.15. The predicted octanol–water partition coefficient (Wildman–Crippen LogP) is 2.44. The Bertz CT molecular complexity index is 893. The Kier molecular flexibility index (Phi) is 7.30. The molecule has 0 radical (unpaired) electrons. The lowest BCUT2D eigenvalue weighted by molar-refractivity contribution is 0.0383. The Hall–Kier alpha value is -2.03. The molecule has 30 heavy (non-hydrogen) atoms. The van der Waals surface area contributed by atoms with Gasteiger partial charge in [-0.15, -0.1) is 0 Å². The van der Waals surface area contributed by atoms with Crippen LogP contribution in [0.3, 0.4) is 0 Å². The quantitative estimate of drug-likeness (QED) is 0.766. The van der Waals surface area contributed by atoms with E-state index in [1.54, 1.807) is 11.3 Å². The molecular weight excluding hydrogens is 398 g/mol. The van der Waals surface area contributed by atoms with Crippen LogP contribution in [0.25, 0.3) is 10.6 Å². The van der Waals surface area contributed by atoms with Gasteiger partial charge in [0.15, 0.2) is 0 Å². The molecule has 1 aromatic carbocycles. The Labute approximate surface area is 181 Å². The van der Waals surface area contributed by atoms with E-state index >= 15 is 0 Å². The number of carbonyl (C=O) groups excluding carboxylic acids is 1. The molecule has 1 aliphatic carbocycles. The number of amides is 1. The van der Waals surface area contributed by atoms with Crippen LogP contribution in [0.1, 0.15) is 42.5 Å². The van der Waals surface area contributed by atoms with Gasteiger partial charge in [-0.25, -0.2) is 4.68 Å². The molecule has 162 valence electrons. The van der Waals surface area contributed by atoms with Crippen LogP contribution in [0.4, 0.5) is 0 Å². The summed E-state index contributed by atoms with van der Waals surface area (Å²) in [5, 5.41) is 8.59. The zero-order valence-electron chi connectivity index (χ0n) is 17.7. The molecule has 4 rings (SSSR count). The van der Waals surface area contributed by atoms with E-state index in [9.17, 15) is 4.79 Å². The van der Waals surface area contributed by atoms with E-state index in [4.69, 9.17) is 9.73 Å². The van der Waals surface area contributed by atoms with Crippen LogP contribution in [-0.4, -0.2) is 66.0 Å². The molecule has 1 amide bonds. The first-order chi connectivity index (χ1) is 14.7. The van der Waals surface area contributed by atoms with E-state index in [-0.39, 0.29) is 5.91 Å². The molecule has 2 aliphatic rings. The minimum absolute atomic E-state index is 0.0347. The summed E-state index contributed by atoms with van der Waals surface area (Å²) >= 11 is 1.62. The average molecular weight is 430 g/mol. The fourth-order valence-electron chi connectivity index (χ4n) is 3.96. The van der Waals surface area contributed by atoms with Crippen molar-refractivity contribution in [1.82, 2.24) is 20.0 Å². The fourth-order valence-corrected chi connectivity index (χ4v) is 4.93.